The minimum Gasteiger partial charge on any atom is -0.453 e. The van der Waals surface area contributed by atoms with E-state index in [1.54, 1.807) is 24.3 Å². The molecule has 45 heavy (non-hydrogen) atoms. The van der Waals surface area contributed by atoms with Crippen molar-refractivity contribution in [1.82, 2.24) is 4.90 Å². The summed E-state index contributed by atoms with van der Waals surface area (Å²) in [7, 11) is 0. The highest BCUT2D eigenvalue weighted by Gasteiger charge is 2.45. The Labute approximate surface area is 265 Å². The predicted octanol–water partition coefficient (Wildman–Crippen LogP) is 5.56. The lowest BCUT2D eigenvalue weighted by molar-refractivity contribution is -0.158. The van der Waals surface area contributed by atoms with Crippen LogP contribution in [0, 0.1) is 5.92 Å². The summed E-state index contributed by atoms with van der Waals surface area (Å²) < 4.78 is 10.7. The number of nitrogens with zero attached hydrogens (tertiary/aromatic N) is 1. The SMILES string of the molecule is CC(=O)O[C@@H](C(=O)C=CC(=O)CCCCCCCCCCO)[C@H](Cc1ccccc1)C(=O)N1C(=O)OC[C@H]1Cc1ccccc1. The first-order chi connectivity index (χ1) is 21.8. The zero-order chi connectivity index (χ0) is 32.4. The molecule has 0 bridgehead atoms. The molecular formula is C36H45NO8. The van der Waals surface area contributed by atoms with Crippen molar-refractivity contribution in [2.45, 2.75) is 89.7 Å². The van der Waals surface area contributed by atoms with E-state index < -0.39 is 41.8 Å². The maximum Gasteiger partial charge on any atom is 0.416 e. The summed E-state index contributed by atoms with van der Waals surface area (Å²) in [4.78, 5) is 66.2. The number of unbranched alkanes of at least 4 members (excludes halogenated alkanes) is 7. The summed E-state index contributed by atoms with van der Waals surface area (Å²) >= 11 is 0. The molecule has 0 spiro atoms. The standard InChI is InChI=1S/C36H45NO8/c1-27(39)45-34(33(41)22-21-31(40)20-14-6-4-2-3-5-7-15-23-38)32(25-29-18-12-9-13-19-29)35(42)37-30(26-44-36(37)43)24-28-16-10-8-11-17-28/h8-13,16-19,21-22,30,32,34,38H,2-7,14-15,20,23-26H2,1H3/t30-,32+,34-/m1/s1. The Hall–Kier alpha value is -4.11. The summed E-state index contributed by atoms with van der Waals surface area (Å²) in [5.41, 5.74) is 1.62. The van der Waals surface area contributed by atoms with Gasteiger partial charge in [-0.15, -0.1) is 0 Å². The first-order valence-electron chi connectivity index (χ1n) is 15.9. The van der Waals surface area contributed by atoms with Gasteiger partial charge in [-0.25, -0.2) is 9.69 Å². The molecule has 3 rings (SSSR count). The molecule has 1 heterocycles. The molecule has 0 radical (unpaired) electrons. The van der Waals surface area contributed by atoms with Gasteiger partial charge in [-0.2, -0.15) is 0 Å². The topological polar surface area (TPSA) is 127 Å². The molecule has 1 aliphatic heterocycles. The fourth-order valence-electron chi connectivity index (χ4n) is 5.48. The molecule has 0 aromatic heterocycles. The Bertz CT molecular complexity index is 1280. The van der Waals surface area contributed by atoms with Crippen molar-refractivity contribution < 1.29 is 38.6 Å². The van der Waals surface area contributed by atoms with Gasteiger partial charge in [-0.3, -0.25) is 19.2 Å². The molecule has 1 aliphatic rings. The van der Waals surface area contributed by atoms with Crippen molar-refractivity contribution >= 4 is 29.5 Å². The Morgan fingerprint density at radius 3 is 2.04 bits per heavy atom. The number of hydrogen-bond acceptors (Lipinski definition) is 8. The molecule has 1 fully saturated rings. The molecule has 3 atom stereocenters. The van der Waals surface area contributed by atoms with Gasteiger partial charge in [-0.1, -0.05) is 99.2 Å². The summed E-state index contributed by atoms with van der Waals surface area (Å²) in [6, 6.07) is 17.7. The van der Waals surface area contributed by atoms with Crippen molar-refractivity contribution in [3.8, 4) is 0 Å². The van der Waals surface area contributed by atoms with Crippen molar-refractivity contribution in [2.24, 2.45) is 5.92 Å². The van der Waals surface area contributed by atoms with E-state index in [4.69, 9.17) is 14.6 Å². The number of hydrogen-bond donors (Lipinski definition) is 1. The molecule has 9 nitrogen and oxygen atoms in total. The number of esters is 1. The average Bonchev–Trinajstić information content (AvgIpc) is 3.40. The third-order valence-electron chi connectivity index (χ3n) is 7.83. The number of carbonyl (C=O) groups is 5. The summed E-state index contributed by atoms with van der Waals surface area (Å²) in [5.74, 6) is -3.62. The van der Waals surface area contributed by atoms with E-state index in [1.165, 1.54) is 6.08 Å². The van der Waals surface area contributed by atoms with Crippen LogP contribution in [0.25, 0.3) is 0 Å². The monoisotopic (exact) mass is 619 g/mol. The zero-order valence-corrected chi connectivity index (χ0v) is 26.1. The lowest BCUT2D eigenvalue weighted by Crippen LogP contribution is -2.49. The van der Waals surface area contributed by atoms with Crippen molar-refractivity contribution in [3.05, 3.63) is 83.9 Å². The first-order valence-corrected chi connectivity index (χ1v) is 15.9. The van der Waals surface area contributed by atoms with Gasteiger partial charge in [0.1, 0.15) is 6.61 Å². The van der Waals surface area contributed by atoms with Crippen LogP contribution in [0.4, 0.5) is 4.79 Å². The van der Waals surface area contributed by atoms with Gasteiger partial charge in [0.25, 0.3) is 0 Å². The maximum atomic E-state index is 14.1. The number of aliphatic hydroxyl groups is 1. The third kappa shape index (κ3) is 12.1. The molecule has 2 aromatic rings. The normalized spacial score (nSPS) is 15.9. The number of carbonyl (C=O) groups excluding carboxylic acids is 5. The van der Waals surface area contributed by atoms with E-state index in [0.29, 0.717) is 18.4 Å². The Morgan fingerprint density at radius 2 is 1.44 bits per heavy atom. The minimum atomic E-state index is -1.55. The summed E-state index contributed by atoms with van der Waals surface area (Å²) in [6.07, 6.45) is 8.28. The number of rotatable bonds is 20. The number of imide groups is 1. The molecular weight excluding hydrogens is 574 g/mol. The second kappa shape index (κ2) is 19.3. The van der Waals surface area contributed by atoms with Gasteiger partial charge in [0, 0.05) is 20.0 Å². The first kappa shape index (κ1) is 35.4. The number of cyclic esters (lactones) is 1. The molecule has 2 aromatic carbocycles. The van der Waals surface area contributed by atoms with Crippen LogP contribution in [0.3, 0.4) is 0 Å². The molecule has 242 valence electrons. The highest BCUT2D eigenvalue weighted by atomic mass is 16.6. The number of ether oxygens (including phenoxy) is 2. The van der Waals surface area contributed by atoms with Crippen LogP contribution < -0.4 is 0 Å². The van der Waals surface area contributed by atoms with Gasteiger partial charge in [-0.05, 0) is 49.0 Å². The zero-order valence-electron chi connectivity index (χ0n) is 26.1. The van der Waals surface area contributed by atoms with E-state index in [0.717, 1.165) is 68.4 Å². The molecule has 0 saturated carbocycles. The molecule has 0 unspecified atom stereocenters. The van der Waals surface area contributed by atoms with Crippen LogP contribution in [-0.2, 0) is 41.5 Å². The molecule has 2 amide bonds. The quantitative estimate of drug-likeness (QED) is 0.116. The van der Waals surface area contributed by atoms with Crippen LogP contribution in [0.5, 0.6) is 0 Å². The highest BCUT2D eigenvalue weighted by Crippen LogP contribution is 2.26. The smallest absolute Gasteiger partial charge is 0.416 e. The van der Waals surface area contributed by atoms with Crippen molar-refractivity contribution in [3.63, 3.8) is 0 Å². The van der Waals surface area contributed by atoms with E-state index in [2.05, 4.69) is 0 Å². The van der Waals surface area contributed by atoms with Gasteiger partial charge in [0.05, 0.1) is 12.0 Å². The van der Waals surface area contributed by atoms with E-state index in [9.17, 15) is 24.0 Å². The molecule has 1 N–H and O–H groups in total. The number of amides is 2. The minimum absolute atomic E-state index is 0.00181. The van der Waals surface area contributed by atoms with Crippen molar-refractivity contribution in [2.75, 3.05) is 13.2 Å². The lowest BCUT2D eigenvalue weighted by atomic mass is 9.89. The molecule has 1 saturated heterocycles. The van der Waals surface area contributed by atoms with Gasteiger partial charge in [0.2, 0.25) is 5.91 Å². The number of benzene rings is 2. The van der Waals surface area contributed by atoms with Crippen LogP contribution in [-0.4, -0.2) is 64.9 Å². The number of ketones is 2. The summed E-state index contributed by atoms with van der Waals surface area (Å²) in [6.45, 7) is 1.38. The van der Waals surface area contributed by atoms with Crippen LogP contribution in [0.15, 0.2) is 72.8 Å². The summed E-state index contributed by atoms with van der Waals surface area (Å²) in [5, 5.41) is 8.84. The average molecular weight is 620 g/mol. The molecule has 9 heteroatoms. The van der Waals surface area contributed by atoms with Crippen molar-refractivity contribution in [1.29, 1.82) is 0 Å². The predicted molar refractivity (Wildman–Crippen MR) is 169 cm³/mol. The highest BCUT2D eigenvalue weighted by molar-refractivity contribution is 6.04. The van der Waals surface area contributed by atoms with Crippen LogP contribution in [0.1, 0.15) is 75.8 Å². The van der Waals surface area contributed by atoms with Gasteiger partial charge in [0.15, 0.2) is 17.7 Å². The van der Waals surface area contributed by atoms with Gasteiger partial charge < -0.3 is 14.6 Å². The van der Waals surface area contributed by atoms with Crippen LogP contribution >= 0.6 is 0 Å². The fourth-order valence-corrected chi connectivity index (χ4v) is 5.48. The largest absolute Gasteiger partial charge is 0.453 e. The number of allylic oxidation sites excluding steroid dienone is 1. The van der Waals surface area contributed by atoms with E-state index >= 15 is 0 Å². The fraction of sp³-hybridized carbons (Fsp3) is 0.472. The van der Waals surface area contributed by atoms with E-state index in [1.807, 2.05) is 36.4 Å². The Balaban J connectivity index is 1.72. The Kier molecular flexibility index (Phi) is 15.2. The molecule has 0 aliphatic carbocycles. The maximum absolute atomic E-state index is 14.1. The lowest BCUT2D eigenvalue weighted by Gasteiger charge is -2.29. The van der Waals surface area contributed by atoms with Gasteiger partial charge >= 0.3 is 12.1 Å². The second-order valence-electron chi connectivity index (χ2n) is 11.5. The Morgan fingerprint density at radius 1 is 0.867 bits per heavy atom. The second-order valence-corrected chi connectivity index (χ2v) is 11.5. The van der Waals surface area contributed by atoms with Crippen LogP contribution in [0.2, 0.25) is 0 Å². The third-order valence-corrected chi connectivity index (χ3v) is 7.83. The van der Waals surface area contributed by atoms with E-state index in [-0.39, 0.29) is 31.8 Å². The number of aliphatic hydroxyl groups excluding tert-OH is 1.